The number of nitrogens with zero attached hydrogens (tertiary/aromatic N) is 2. The van der Waals surface area contributed by atoms with E-state index in [0.717, 1.165) is 25.7 Å². The predicted octanol–water partition coefficient (Wildman–Crippen LogP) is 4.47. The number of hydrogen-bond donors (Lipinski definition) is 0. The lowest BCUT2D eigenvalue weighted by atomic mass is 9.88. The zero-order valence-electron chi connectivity index (χ0n) is 13.8. The highest BCUT2D eigenvalue weighted by Crippen LogP contribution is 2.36. The molecule has 0 saturated heterocycles. The molecule has 2 aliphatic carbocycles. The second kappa shape index (κ2) is 7.00. The minimum absolute atomic E-state index is 0.102. The Morgan fingerprint density at radius 1 is 1.00 bits per heavy atom. The number of benzene rings is 1. The molecule has 0 heterocycles. The number of halogens is 2. The molecule has 126 valence electrons. The van der Waals surface area contributed by atoms with Crippen molar-refractivity contribution < 1.29 is 4.79 Å². The van der Waals surface area contributed by atoms with Gasteiger partial charge in [0.1, 0.15) is 0 Å². The van der Waals surface area contributed by atoms with Crippen LogP contribution in [0.1, 0.15) is 48.9 Å². The molecule has 2 unspecified atom stereocenters. The number of hydrogen-bond acceptors (Lipinski definition) is 2. The standard InChI is InChI=1S/C18H24Cl2N2O/c1-21(2)16-5-3-4-6-17(16)22(13-8-9-13)18(23)12-7-10-14(19)15(20)11-12/h7,10-11,13,16-17H,3-6,8-9H2,1-2H3. The molecule has 1 aromatic rings. The van der Waals surface area contributed by atoms with Gasteiger partial charge in [0.15, 0.2) is 0 Å². The van der Waals surface area contributed by atoms with Crippen LogP contribution in [0.2, 0.25) is 10.0 Å². The van der Waals surface area contributed by atoms with Gasteiger partial charge < -0.3 is 9.80 Å². The monoisotopic (exact) mass is 354 g/mol. The molecule has 0 aromatic heterocycles. The Morgan fingerprint density at radius 2 is 1.65 bits per heavy atom. The summed E-state index contributed by atoms with van der Waals surface area (Å²) in [5.74, 6) is 0.102. The van der Waals surface area contributed by atoms with Crippen molar-refractivity contribution in [3.05, 3.63) is 33.8 Å². The van der Waals surface area contributed by atoms with Gasteiger partial charge in [-0.2, -0.15) is 0 Å². The Kier molecular flexibility index (Phi) is 5.19. The van der Waals surface area contributed by atoms with Crippen LogP contribution in [-0.4, -0.2) is 47.9 Å². The van der Waals surface area contributed by atoms with E-state index in [-0.39, 0.29) is 5.91 Å². The van der Waals surface area contributed by atoms with Gasteiger partial charge in [-0.15, -0.1) is 0 Å². The van der Waals surface area contributed by atoms with Gasteiger partial charge in [0.05, 0.1) is 10.0 Å². The molecule has 2 fully saturated rings. The van der Waals surface area contributed by atoms with E-state index >= 15 is 0 Å². The highest BCUT2D eigenvalue weighted by molar-refractivity contribution is 6.42. The van der Waals surface area contributed by atoms with Crippen molar-refractivity contribution in [1.82, 2.24) is 9.80 Å². The average Bonchev–Trinajstić information content (AvgIpc) is 3.35. The van der Waals surface area contributed by atoms with Crippen LogP contribution < -0.4 is 0 Å². The molecule has 3 rings (SSSR count). The second-order valence-electron chi connectivity index (χ2n) is 6.96. The fraction of sp³-hybridized carbons (Fsp3) is 0.611. The maximum absolute atomic E-state index is 13.2. The van der Waals surface area contributed by atoms with E-state index < -0.39 is 0 Å². The second-order valence-corrected chi connectivity index (χ2v) is 7.77. The summed E-state index contributed by atoms with van der Waals surface area (Å²) in [5, 5.41) is 0.936. The van der Waals surface area contributed by atoms with Crippen LogP contribution in [0.4, 0.5) is 0 Å². The summed E-state index contributed by atoms with van der Waals surface area (Å²) in [4.78, 5) is 17.6. The number of carbonyl (C=O) groups excluding carboxylic acids is 1. The number of rotatable bonds is 4. The largest absolute Gasteiger partial charge is 0.331 e. The van der Waals surface area contributed by atoms with Crippen LogP contribution in [-0.2, 0) is 0 Å². The summed E-state index contributed by atoms with van der Waals surface area (Å²) in [6, 6.07) is 6.34. The van der Waals surface area contributed by atoms with Crippen molar-refractivity contribution in [3.8, 4) is 0 Å². The lowest BCUT2D eigenvalue weighted by molar-refractivity contribution is 0.0432. The zero-order chi connectivity index (χ0) is 16.6. The van der Waals surface area contributed by atoms with Crippen LogP contribution in [0.25, 0.3) is 0 Å². The van der Waals surface area contributed by atoms with E-state index in [9.17, 15) is 4.79 Å². The summed E-state index contributed by atoms with van der Waals surface area (Å²) in [5.41, 5.74) is 0.648. The van der Waals surface area contributed by atoms with E-state index in [1.54, 1.807) is 18.2 Å². The van der Waals surface area contributed by atoms with Gasteiger partial charge in [-0.1, -0.05) is 36.0 Å². The summed E-state index contributed by atoms with van der Waals surface area (Å²) >= 11 is 12.1. The van der Waals surface area contributed by atoms with Gasteiger partial charge in [0, 0.05) is 23.7 Å². The molecule has 5 heteroatoms. The van der Waals surface area contributed by atoms with Gasteiger partial charge >= 0.3 is 0 Å². The summed E-state index contributed by atoms with van der Waals surface area (Å²) in [6.45, 7) is 0. The molecule has 0 N–H and O–H groups in total. The first-order valence-electron chi connectivity index (χ1n) is 8.43. The Labute approximate surface area is 148 Å². The van der Waals surface area contributed by atoms with Crippen molar-refractivity contribution in [2.24, 2.45) is 0 Å². The first-order valence-corrected chi connectivity index (χ1v) is 9.19. The molecule has 0 radical (unpaired) electrons. The first kappa shape index (κ1) is 17.1. The van der Waals surface area contributed by atoms with Crippen LogP contribution in [0.5, 0.6) is 0 Å². The van der Waals surface area contributed by atoms with Crippen LogP contribution in [0, 0.1) is 0 Å². The third-order valence-electron chi connectivity index (χ3n) is 5.06. The van der Waals surface area contributed by atoms with Crippen LogP contribution in [0.15, 0.2) is 18.2 Å². The average molecular weight is 355 g/mol. The van der Waals surface area contributed by atoms with E-state index in [4.69, 9.17) is 23.2 Å². The minimum Gasteiger partial charge on any atom is -0.331 e. The van der Waals surface area contributed by atoms with Crippen LogP contribution in [0.3, 0.4) is 0 Å². The quantitative estimate of drug-likeness (QED) is 0.796. The number of amides is 1. The first-order chi connectivity index (χ1) is 11.0. The van der Waals surface area contributed by atoms with Gasteiger partial charge in [-0.3, -0.25) is 4.79 Å². The van der Waals surface area contributed by atoms with Crippen molar-refractivity contribution in [3.63, 3.8) is 0 Å². The summed E-state index contributed by atoms with van der Waals surface area (Å²) in [6.07, 6.45) is 6.93. The van der Waals surface area contributed by atoms with Crippen molar-refractivity contribution in [2.45, 2.75) is 56.7 Å². The van der Waals surface area contributed by atoms with Crippen molar-refractivity contribution in [1.29, 1.82) is 0 Å². The van der Waals surface area contributed by atoms with E-state index in [0.29, 0.717) is 33.7 Å². The highest BCUT2D eigenvalue weighted by Gasteiger charge is 2.42. The van der Waals surface area contributed by atoms with E-state index in [2.05, 4.69) is 23.9 Å². The van der Waals surface area contributed by atoms with Crippen LogP contribution >= 0.6 is 23.2 Å². The van der Waals surface area contributed by atoms with E-state index in [1.807, 2.05) is 0 Å². The van der Waals surface area contributed by atoms with Crippen molar-refractivity contribution >= 4 is 29.1 Å². The SMILES string of the molecule is CN(C)C1CCCCC1N(C(=O)c1ccc(Cl)c(Cl)c1)C1CC1. The molecule has 0 aliphatic heterocycles. The topological polar surface area (TPSA) is 23.6 Å². The molecule has 0 spiro atoms. The van der Waals surface area contributed by atoms with Gasteiger partial charge in [0.2, 0.25) is 0 Å². The molecule has 3 nitrogen and oxygen atoms in total. The molecule has 1 amide bonds. The van der Waals surface area contributed by atoms with E-state index in [1.165, 1.54) is 12.8 Å². The zero-order valence-corrected chi connectivity index (χ0v) is 15.3. The van der Waals surface area contributed by atoms with Gasteiger partial charge in [-0.05, 0) is 58.0 Å². The van der Waals surface area contributed by atoms with Crippen molar-refractivity contribution in [2.75, 3.05) is 14.1 Å². The molecule has 2 aliphatic rings. The maximum Gasteiger partial charge on any atom is 0.254 e. The Morgan fingerprint density at radius 3 is 2.22 bits per heavy atom. The minimum atomic E-state index is 0.102. The molecule has 2 saturated carbocycles. The fourth-order valence-electron chi connectivity index (χ4n) is 3.74. The fourth-order valence-corrected chi connectivity index (χ4v) is 4.03. The lowest BCUT2D eigenvalue weighted by Gasteiger charge is -2.43. The van der Waals surface area contributed by atoms with Gasteiger partial charge in [-0.25, -0.2) is 0 Å². The Hall–Kier alpha value is -0.770. The molecular weight excluding hydrogens is 331 g/mol. The third kappa shape index (κ3) is 3.67. The Balaban J connectivity index is 1.88. The summed E-state index contributed by atoms with van der Waals surface area (Å²) in [7, 11) is 4.25. The van der Waals surface area contributed by atoms with Gasteiger partial charge in [0.25, 0.3) is 5.91 Å². The number of carbonyl (C=O) groups is 1. The molecule has 0 bridgehead atoms. The smallest absolute Gasteiger partial charge is 0.254 e. The third-order valence-corrected chi connectivity index (χ3v) is 5.79. The lowest BCUT2D eigenvalue weighted by Crippen LogP contribution is -2.54. The molecule has 23 heavy (non-hydrogen) atoms. The Bertz CT molecular complexity index is 586. The predicted molar refractivity (Wildman–Crippen MR) is 95.4 cm³/mol. The molecule has 1 aromatic carbocycles. The number of likely N-dealkylation sites (N-methyl/N-ethyl adjacent to an activating group) is 1. The normalized spacial score (nSPS) is 24.7. The molecular formula is C18H24Cl2N2O. The maximum atomic E-state index is 13.2. The highest BCUT2D eigenvalue weighted by atomic mass is 35.5. The summed E-state index contributed by atoms with van der Waals surface area (Å²) < 4.78 is 0. The molecule has 2 atom stereocenters.